The van der Waals surface area contributed by atoms with Gasteiger partial charge in [0.05, 0.1) is 0 Å². The Morgan fingerprint density at radius 1 is 1.38 bits per heavy atom. The molecule has 1 nitrogen and oxygen atoms in total. The molecule has 0 spiro atoms. The third kappa shape index (κ3) is 3.31. The number of unbranched alkanes of at least 4 members (excludes halogenated alkanes) is 1. The van der Waals surface area contributed by atoms with E-state index in [0.29, 0.717) is 6.04 Å². The van der Waals surface area contributed by atoms with Crippen LogP contribution < -0.4 is 5.32 Å². The normalized spacial score (nSPS) is 15.4. The molecule has 88 valence electrons. The van der Waals surface area contributed by atoms with Crippen LogP contribution in [0.4, 0.5) is 4.39 Å². The minimum atomic E-state index is -0.0384. The van der Waals surface area contributed by atoms with Crippen LogP contribution in [0.1, 0.15) is 43.7 Å². The number of hydrogen-bond acceptors (Lipinski definition) is 1. The highest BCUT2D eigenvalue weighted by Gasteiger charge is 2.19. The van der Waals surface area contributed by atoms with Crippen LogP contribution in [0.5, 0.6) is 0 Å². The maximum Gasteiger partial charge on any atom is 0.126 e. The quantitative estimate of drug-likeness (QED) is 0.776. The standard InChI is InChI=1S/C14H20FN/c1-2-3-4-12-6-5-11(9-14(12)15)10-16-13-7-8-13/h5-6,9,13,16H,2-4,7-8,10H2,1H3. The maximum absolute atomic E-state index is 13.7. The molecular formula is C14H20FN. The van der Waals surface area contributed by atoms with E-state index in [2.05, 4.69) is 12.2 Å². The molecule has 1 saturated carbocycles. The smallest absolute Gasteiger partial charge is 0.126 e. The monoisotopic (exact) mass is 221 g/mol. The van der Waals surface area contributed by atoms with Crippen molar-refractivity contribution in [1.29, 1.82) is 0 Å². The fourth-order valence-electron chi connectivity index (χ4n) is 1.82. The first-order valence-electron chi connectivity index (χ1n) is 6.30. The zero-order valence-corrected chi connectivity index (χ0v) is 9.93. The minimum absolute atomic E-state index is 0.0384. The fraction of sp³-hybridized carbons (Fsp3) is 0.571. The molecule has 0 heterocycles. The molecule has 0 aromatic heterocycles. The van der Waals surface area contributed by atoms with Gasteiger partial charge in [0.1, 0.15) is 5.82 Å². The van der Waals surface area contributed by atoms with Crippen molar-refractivity contribution in [2.75, 3.05) is 0 Å². The second-order valence-corrected chi connectivity index (χ2v) is 4.68. The van der Waals surface area contributed by atoms with Gasteiger partial charge in [-0.15, -0.1) is 0 Å². The second-order valence-electron chi connectivity index (χ2n) is 4.68. The largest absolute Gasteiger partial charge is 0.310 e. The minimum Gasteiger partial charge on any atom is -0.310 e. The molecule has 16 heavy (non-hydrogen) atoms. The van der Waals surface area contributed by atoms with Gasteiger partial charge in [-0.1, -0.05) is 25.5 Å². The van der Waals surface area contributed by atoms with E-state index in [1.165, 1.54) is 12.8 Å². The number of nitrogens with one attached hydrogen (secondary N) is 1. The van der Waals surface area contributed by atoms with Crippen molar-refractivity contribution in [2.45, 2.75) is 51.6 Å². The summed E-state index contributed by atoms with van der Waals surface area (Å²) < 4.78 is 13.7. The van der Waals surface area contributed by atoms with Gasteiger partial charge in [0.15, 0.2) is 0 Å². The van der Waals surface area contributed by atoms with E-state index >= 15 is 0 Å². The van der Waals surface area contributed by atoms with Crippen molar-refractivity contribution in [3.05, 3.63) is 35.1 Å². The lowest BCUT2D eigenvalue weighted by atomic mass is 10.1. The molecule has 0 saturated heterocycles. The second kappa shape index (κ2) is 5.44. The predicted molar refractivity (Wildman–Crippen MR) is 64.9 cm³/mol. The molecule has 0 bridgehead atoms. The lowest BCUT2D eigenvalue weighted by Gasteiger charge is -2.06. The van der Waals surface area contributed by atoms with Gasteiger partial charge >= 0.3 is 0 Å². The molecule has 1 aromatic rings. The molecule has 1 N–H and O–H groups in total. The van der Waals surface area contributed by atoms with Crippen LogP contribution in [0.15, 0.2) is 18.2 Å². The molecule has 1 aromatic carbocycles. The van der Waals surface area contributed by atoms with E-state index in [4.69, 9.17) is 0 Å². The van der Waals surface area contributed by atoms with E-state index in [-0.39, 0.29) is 5.82 Å². The predicted octanol–water partition coefficient (Wildman–Crippen LogP) is 3.42. The zero-order chi connectivity index (χ0) is 11.4. The average molecular weight is 221 g/mol. The Hall–Kier alpha value is -0.890. The molecule has 2 rings (SSSR count). The molecule has 1 aliphatic rings. The molecule has 1 fully saturated rings. The van der Waals surface area contributed by atoms with Crippen molar-refractivity contribution < 1.29 is 4.39 Å². The zero-order valence-electron chi connectivity index (χ0n) is 9.93. The molecule has 2 heteroatoms. The highest BCUT2D eigenvalue weighted by atomic mass is 19.1. The van der Waals surface area contributed by atoms with Gasteiger partial charge in [-0.3, -0.25) is 0 Å². The van der Waals surface area contributed by atoms with Gasteiger partial charge in [-0.05, 0) is 42.9 Å². The summed E-state index contributed by atoms with van der Waals surface area (Å²) in [5.74, 6) is -0.0384. The van der Waals surface area contributed by atoms with E-state index in [9.17, 15) is 4.39 Å². The van der Waals surface area contributed by atoms with Gasteiger partial charge in [0.25, 0.3) is 0 Å². The van der Waals surface area contributed by atoms with Crippen molar-refractivity contribution in [3.63, 3.8) is 0 Å². The Bertz CT molecular complexity index is 345. The Morgan fingerprint density at radius 3 is 2.81 bits per heavy atom. The van der Waals surface area contributed by atoms with Gasteiger partial charge < -0.3 is 5.32 Å². The van der Waals surface area contributed by atoms with Crippen LogP contribution in [-0.2, 0) is 13.0 Å². The first kappa shape index (κ1) is 11.6. The van der Waals surface area contributed by atoms with Crippen molar-refractivity contribution in [3.8, 4) is 0 Å². The molecule has 0 amide bonds. The molecular weight excluding hydrogens is 201 g/mol. The van der Waals surface area contributed by atoms with Crippen LogP contribution in [0.3, 0.4) is 0 Å². The molecule has 0 atom stereocenters. The lowest BCUT2D eigenvalue weighted by molar-refractivity contribution is 0.597. The number of aryl methyl sites for hydroxylation is 1. The van der Waals surface area contributed by atoms with Crippen molar-refractivity contribution >= 4 is 0 Å². The van der Waals surface area contributed by atoms with Crippen LogP contribution in [0.2, 0.25) is 0 Å². The Labute approximate surface area is 97.1 Å². The van der Waals surface area contributed by atoms with Gasteiger partial charge in [0, 0.05) is 12.6 Å². The van der Waals surface area contributed by atoms with Crippen molar-refractivity contribution in [1.82, 2.24) is 5.32 Å². The highest BCUT2D eigenvalue weighted by molar-refractivity contribution is 5.24. The Kier molecular flexibility index (Phi) is 3.94. The van der Waals surface area contributed by atoms with Crippen molar-refractivity contribution in [2.24, 2.45) is 0 Å². The van der Waals surface area contributed by atoms with Gasteiger partial charge in [-0.25, -0.2) is 4.39 Å². The summed E-state index contributed by atoms with van der Waals surface area (Å²) >= 11 is 0. The van der Waals surface area contributed by atoms with E-state index < -0.39 is 0 Å². The number of hydrogen-bond donors (Lipinski definition) is 1. The highest BCUT2D eigenvalue weighted by Crippen LogP contribution is 2.20. The Balaban J connectivity index is 1.91. The molecule has 1 aliphatic carbocycles. The summed E-state index contributed by atoms with van der Waals surface area (Å²) in [5, 5.41) is 3.40. The van der Waals surface area contributed by atoms with Gasteiger partial charge in [-0.2, -0.15) is 0 Å². The third-order valence-electron chi connectivity index (χ3n) is 3.09. The topological polar surface area (TPSA) is 12.0 Å². The summed E-state index contributed by atoms with van der Waals surface area (Å²) in [7, 11) is 0. The van der Waals surface area contributed by atoms with E-state index in [1.807, 2.05) is 12.1 Å². The summed E-state index contributed by atoms with van der Waals surface area (Å²) in [6, 6.07) is 6.35. The Morgan fingerprint density at radius 2 is 2.19 bits per heavy atom. The lowest BCUT2D eigenvalue weighted by Crippen LogP contribution is -2.15. The van der Waals surface area contributed by atoms with Crippen LogP contribution in [0, 0.1) is 5.82 Å². The van der Waals surface area contributed by atoms with E-state index in [1.54, 1.807) is 6.07 Å². The number of halogens is 1. The third-order valence-corrected chi connectivity index (χ3v) is 3.09. The summed E-state index contributed by atoms with van der Waals surface area (Å²) in [5.41, 5.74) is 1.92. The maximum atomic E-state index is 13.7. The first-order valence-corrected chi connectivity index (χ1v) is 6.30. The van der Waals surface area contributed by atoms with Crippen LogP contribution >= 0.6 is 0 Å². The fourth-order valence-corrected chi connectivity index (χ4v) is 1.82. The first-order chi connectivity index (χ1) is 7.79. The van der Waals surface area contributed by atoms with Crippen LogP contribution in [-0.4, -0.2) is 6.04 Å². The number of benzene rings is 1. The number of rotatable bonds is 6. The van der Waals surface area contributed by atoms with Crippen LogP contribution in [0.25, 0.3) is 0 Å². The summed E-state index contributed by atoms with van der Waals surface area (Å²) in [6.45, 7) is 2.93. The SMILES string of the molecule is CCCCc1ccc(CNC2CC2)cc1F. The van der Waals surface area contributed by atoms with Gasteiger partial charge in [0.2, 0.25) is 0 Å². The van der Waals surface area contributed by atoms with E-state index in [0.717, 1.165) is 36.9 Å². The summed E-state index contributed by atoms with van der Waals surface area (Å²) in [4.78, 5) is 0. The summed E-state index contributed by atoms with van der Waals surface area (Å²) in [6.07, 6.45) is 5.59. The molecule has 0 aliphatic heterocycles. The average Bonchev–Trinajstić information content (AvgIpc) is 3.09. The molecule has 0 unspecified atom stereocenters. The molecule has 0 radical (unpaired) electrons.